The zero-order valence-corrected chi connectivity index (χ0v) is 17.5. The number of hydrogen-bond acceptors (Lipinski definition) is 5. The molecule has 0 spiro atoms. The van der Waals surface area contributed by atoms with Crippen LogP contribution in [0.15, 0.2) is 57.4 Å². The molecule has 0 aliphatic carbocycles. The number of aliphatic imine (C=N–C) groups is 1. The van der Waals surface area contributed by atoms with Gasteiger partial charge in [0.25, 0.3) is 12.3 Å². The summed E-state index contributed by atoms with van der Waals surface area (Å²) in [6.45, 7) is 3.36. The van der Waals surface area contributed by atoms with Gasteiger partial charge in [-0.2, -0.15) is 13.2 Å². The molecule has 0 radical (unpaired) electrons. The first-order chi connectivity index (χ1) is 14.4. The van der Waals surface area contributed by atoms with Crippen LogP contribution in [-0.2, 0) is 11.0 Å². The number of aromatic nitrogens is 1. The minimum atomic E-state index is -4.59. The Morgan fingerprint density at radius 1 is 1.42 bits per heavy atom. The Labute approximate surface area is 181 Å². The van der Waals surface area contributed by atoms with Crippen LogP contribution in [0.4, 0.5) is 22.0 Å². The molecule has 0 saturated carbocycles. The molecule has 1 amide bonds. The smallest absolute Gasteiger partial charge is 0.397 e. The molecule has 168 valence electrons. The van der Waals surface area contributed by atoms with Crippen molar-refractivity contribution in [2.24, 2.45) is 10.7 Å². The van der Waals surface area contributed by atoms with Crippen LogP contribution < -0.4 is 11.1 Å². The van der Waals surface area contributed by atoms with Crippen molar-refractivity contribution in [2.75, 3.05) is 7.05 Å². The number of allylic oxidation sites excluding steroid dienone is 3. The summed E-state index contributed by atoms with van der Waals surface area (Å²) in [5, 5.41) is 2.62. The zero-order chi connectivity index (χ0) is 23.3. The quantitative estimate of drug-likeness (QED) is 0.371. The summed E-state index contributed by atoms with van der Waals surface area (Å²) in [5.74, 6) is -0.721. The standard InChI is InChI=1S/C20H19F5N4OS.H2/c1-10-6-15(11(2)29-19(30)14(27-3)9-13(26)18(21)22)31-16(7-10)12-4-5-28-17(8-12)20(23,24)25;/h4-6,8-9,11,18H,26H2,1-3H3,(H,29,30);1H/b13-9-,27-14?;. The zero-order valence-electron chi connectivity index (χ0n) is 16.7. The molecule has 31 heavy (non-hydrogen) atoms. The van der Waals surface area contributed by atoms with E-state index >= 15 is 0 Å². The molecular weight excluding hydrogens is 439 g/mol. The SMILES string of the molecule is CN=C(/C=C(\N)C(F)F)C(=O)NC(C)C1=CC(C)=C=C(c2ccnc(C(F)(F)F)c2)S1.[HH]. The van der Waals surface area contributed by atoms with E-state index in [4.69, 9.17) is 5.73 Å². The maximum atomic E-state index is 13.0. The third kappa shape index (κ3) is 6.53. The van der Waals surface area contributed by atoms with Gasteiger partial charge in [-0.05, 0) is 49.3 Å². The van der Waals surface area contributed by atoms with Crippen LogP contribution in [0.2, 0.25) is 0 Å². The average Bonchev–Trinajstić information content (AvgIpc) is 2.70. The van der Waals surface area contributed by atoms with Crippen molar-refractivity contribution in [1.82, 2.24) is 10.3 Å². The summed E-state index contributed by atoms with van der Waals surface area (Å²) < 4.78 is 64.1. The highest BCUT2D eigenvalue weighted by Gasteiger charge is 2.33. The summed E-state index contributed by atoms with van der Waals surface area (Å²) in [7, 11) is 1.26. The highest BCUT2D eigenvalue weighted by Crippen LogP contribution is 2.39. The number of nitrogens with zero attached hydrogens (tertiary/aromatic N) is 2. The molecule has 2 rings (SSSR count). The minimum absolute atomic E-state index is 0. The number of nitrogens with two attached hydrogens (primary N) is 1. The number of pyridine rings is 1. The number of carbonyl (C=O) groups excluding carboxylic acids is 1. The second-order valence-electron chi connectivity index (χ2n) is 6.46. The molecule has 11 heteroatoms. The van der Waals surface area contributed by atoms with Crippen LogP contribution in [0.1, 0.15) is 26.5 Å². The van der Waals surface area contributed by atoms with E-state index in [0.29, 0.717) is 15.4 Å². The van der Waals surface area contributed by atoms with Crippen molar-refractivity contribution in [3.8, 4) is 0 Å². The van der Waals surface area contributed by atoms with Gasteiger partial charge >= 0.3 is 6.18 Å². The lowest BCUT2D eigenvalue weighted by Crippen LogP contribution is -2.38. The number of nitrogens with one attached hydrogen (secondary N) is 1. The van der Waals surface area contributed by atoms with Crippen LogP contribution in [0, 0.1) is 0 Å². The van der Waals surface area contributed by atoms with Crippen molar-refractivity contribution >= 4 is 28.3 Å². The molecule has 0 aromatic carbocycles. The molecule has 5 nitrogen and oxygen atoms in total. The fourth-order valence-corrected chi connectivity index (χ4v) is 3.63. The van der Waals surface area contributed by atoms with Crippen molar-refractivity contribution in [3.63, 3.8) is 0 Å². The molecule has 1 aromatic rings. The van der Waals surface area contributed by atoms with E-state index in [1.54, 1.807) is 19.9 Å². The van der Waals surface area contributed by atoms with Gasteiger partial charge in [0.1, 0.15) is 11.4 Å². The van der Waals surface area contributed by atoms with Gasteiger partial charge in [0.15, 0.2) is 0 Å². The first kappa shape index (κ1) is 24.4. The van der Waals surface area contributed by atoms with Gasteiger partial charge in [-0.25, -0.2) is 8.78 Å². The Bertz CT molecular complexity index is 1030. The third-order valence-electron chi connectivity index (χ3n) is 4.01. The van der Waals surface area contributed by atoms with Gasteiger partial charge in [0, 0.05) is 19.6 Å². The summed E-state index contributed by atoms with van der Waals surface area (Å²) >= 11 is 1.13. The second-order valence-corrected chi connectivity index (χ2v) is 7.55. The molecule has 2 heterocycles. The molecule has 1 atom stereocenters. The average molecular weight is 460 g/mol. The third-order valence-corrected chi connectivity index (χ3v) is 5.25. The lowest BCUT2D eigenvalue weighted by atomic mass is 10.1. The van der Waals surface area contributed by atoms with Gasteiger partial charge in [-0.15, -0.1) is 5.73 Å². The molecule has 0 bridgehead atoms. The molecule has 3 N–H and O–H groups in total. The summed E-state index contributed by atoms with van der Waals surface area (Å²) in [4.78, 5) is 20.4. The van der Waals surface area contributed by atoms with Crippen LogP contribution in [-0.4, -0.2) is 36.1 Å². The summed E-state index contributed by atoms with van der Waals surface area (Å²) in [5.41, 5.74) is 7.00. The highest BCUT2D eigenvalue weighted by atomic mass is 32.2. The topological polar surface area (TPSA) is 80.4 Å². The van der Waals surface area contributed by atoms with E-state index in [1.165, 1.54) is 13.1 Å². The van der Waals surface area contributed by atoms with Crippen molar-refractivity contribution < 1.29 is 28.2 Å². The van der Waals surface area contributed by atoms with E-state index in [-0.39, 0.29) is 12.7 Å². The number of alkyl halides is 5. The Kier molecular flexibility index (Phi) is 7.80. The van der Waals surface area contributed by atoms with Crippen LogP contribution >= 0.6 is 11.8 Å². The molecular formula is C20H21F5N4OS. The number of hydrogen-bond donors (Lipinski definition) is 2. The Hall–Kier alpha value is -2.91. The largest absolute Gasteiger partial charge is 0.433 e. The van der Waals surface area contributed by atoms with Crippen molar-refractivity contribution in [2.45, 2.75) is 32.5 Å². The van der Waals surface area contributed by atoms with Gasteiger partial charge in [0.2, 0.25) is 0 Å². The normalized spacial score (nSPS) is 16.5. The number of amides is 1. The second kappa shape index (κ2) is 9.93. The number of halogens is 5. The van der Waals surface area contributed by atoms with E-state index in [0.717, 1.165) is 30.1 Å². The number of rotatable bonds is 6. The summed E-state index contributed by atoms with van der Waals surface area (Å²) in [6, 6.07) is 1.77. The summed E-state index contributed by atoms with van der Waals surface area (Å²) in [6.07, 6.45) is -3.94. The predicted octanol–water partition coefficient (Wildman–Crippen LogP) is 4.55. The maximum Gasteiger partial charge on any atom is 0.433 e. The molecule has 0 saturated heterocycles. The van der Waals surface area contributed by atoms with E-state index in [1.807, 2.05) is 0 Å². The fraction of sp³-hybridized carbons (Fsp3) is 0.300. The Balaban J connectivity index is 0.00000512. The molecule has 1 aliphatic heterocycles. The van der Waals surface area contributed by atoms with E-state index in [2.05, 4.69) is 21.0 Å². The van der Waals surface area contributed by atoms with Crippen LogP contribution in [0.3, 0.4) is 0 Å². The maximum absolute atomic E-state index is 13.0. The van der Waals surface area contributed by atoms with E-state index < -0.39 is 35.9 Å². The molecule has 1 aromatic heterocycles. The predicted molar refractivity (Wildman–Crippen MR) is 112 cm³/mol. The first-order valence-electron chi connectivity index (χ1n) is 8.85. The fourth-order valence-electron chi connectivity index (χ4n) is 2.47. The lowest BCUT2D eigenvalue weighted by Gasteiger charge is -2.21. The van der Waals surface area contributed by atoms with Crippen LogP contribution in [0.5, 0.6) is 0 Å². The van der Waals surface area contributed by atoms with Gasteiger partial charge < -0.3 is 11.1 Å². The van der Waals surface area contributed by atoms with Gasteiger partial charge in [-0.1, -0.05) is 11.8 Å². The van der Waals surface area contributed by atoms with Gasteiger partial charge in [-0.3, -0.25) is 14.8 Å². The molecule has 0 fully saturated rings. The van der Waals surface area contributed by atoms with Crippen molar-refractivity contribution in [1.29, 1.82) is 0 Å². The Morgan fingerprint density at radius 3 is 2.68 bits per heavy atom. The monoisotopic (exact) mass is 460 g/mol. The lowest BCUT2D eigenvalue weighted by molar-refractivity contribution is -0.141. The highest BCUT2D eigenvalue weighted by molar-refractivity contribution is 8.11. The van der Waals surface area contributed by atoms with Crippen LogP contribution in [0.25, 0.3) is 4.91 Å². The number of thioether (sulfide) groups is 1. The minimum Gasteiger partial charge on any atom is -0.397 e. The Morgan fingerprint density at radius 2 is 2.10 bits per heavy atom. The van der Waals surface area contributed by atoms with Gasteiger partial charge in [0.05, 0.1) is 16.6 Å². The number of carbonyl (C=O) groups is 1. The first-order valence-corrected chi connectivity index (χ1v) is 9.67. The van der Waals surface area contributed by atoms with E-state index in [9.17, 15) is 26.7 Å². The van der Waals surface area contributed by atoms with Crippen molar-refractivity contribution in [3.05, 3.63) is 63.6 Å². The molecule has 1 aliphatic rings. The molecule has 1 unspecified atom stereocenters.